The van der Waals surface area contributed by atoms with E-state index in [0.29, 0.717) is 17.5 Å². The molecule has 10 heteroatoms. The summed E-state index contributed by atoms with van der Waals surface area (Å²) >= 11 is 0. The Kier molecular flexibility index (Phi) is 6.17. The highest BCUT2D eigenvalue weighted by atomic mass is 32.2. The number of alkyl halides is 3. The Morgan fingerprint density at radius 2 is 1.70 bits per heavy atom. The number of benzene rings is 3. The van der Waals surface area contributed by atoms with Gasteiger partial charge in [0.1, 0.15) is 0 Å². The highest BCUT2D eigenvalue weighted by Gasteiger charge is 2.38. The van der Waals surface area contributed by atoms with Crippen LogP contribution >= 0.6 is 0 Å². The number of rotatable bonds is 6. The minimum atomic E-state index is -4.89. The van der Waals surface area contributed by atoms with Gasteiger partial charge < -0.3 is 10.1 Å². The lowest BCUT2D eigenvalue weighted by Gasteiger charge is -2.18. The van der Waals surface area contributed by atoms with Crippen molar-refractivity contribution < 1.29 is 31.5 Å². The van der Waals surface area contributed by atoms with Crippen molar-refractivity contribution in [2.24, 2.45) is 0 Å². The molecule has 4 aromatic rings. The van der Waals surface area contributed by atoms with Gasteiger partial charge in [0.05, 0.1) is 10.5 Å². The molecule has 190 valence electrons. The first-order chi connectivity index (χ1) is 17.5. The highest BCUT2D eigenvalue weighted by molar-refractivity contribution is 7.89. The van der Waals surface area contributed by atoms with Crippen LogP contribution in [0.2, 0.25) is 0 Å². The third-order valence-corrected chi connectivity index (χ3v) is 7.94. The van der Waals surface area contributed by atoms with E-state index in [-0.39, 0.29) is 12.0 Å². The highest BCUT2D eigenvalue weighted by Crippen LogP contribution is 2.38. The Labute approximate surface area is 210 Å². The number of carboxylic acids is 1. The topological polar surface area (TPSA) is 99.3 Å². The smallest absolute Gasteiger partial charge is 0.417 e. The second-order valence-corrected chi connectivity index (χ2v) is 10.6. The van der Waals surface area contributed by atoms with Crippen LogP contribution in [0.15, 0.2) is 77.8 Å². The molecule has 5 rings (SSSR count). The minimum absolute atomic E-state index is 0.254. The molecule has 1 heterocycles. The molecule has 0 fully saturated rings. The van der Waals surface area contributed by atoms with Crippen LogP contribution in [0.3, 0.4) is 0 Å². The summed E-state index contributed by atoms with van der Waals surface area (Å²) in [7, 11) is -4.50. The van der Waals surface area contributed by atoms with Crippen LogP contribution in [0.25, 0.3) is 28.1 Å². The fourth-order valence-corrected chi connectivity index (χ4v) is 6.12. The van der Waals surface area contributed by atoms with Crippen LogP contribution in [-0.4, -0.2) is 30.5 Å². The van der Waals surface area contributed by atoms with E-state index in [1.807, 2.05) is 0 Å². The first kappa shape index (κ1) is 24.8. The number of H-pyrrole nitrogens is 1. The van der Waals surface area contributed by atoms with Crippen molar-refractivity contribution in [3.63, 3.8) is 0 Å². The molecule has 1 unspecified atom stereocenters. The molecule has 3 aromatic carbocycles. The number of nitrogens with one attached hydrogen (secondary N) is 2. The van der Waals surface area contributed by atoms with Gasteiger partial charge in [-0.2, -0.15) is 13.2 Å². The van der Waals surface area contributed by atoms with E-state index in [0.717, 1.165) is 40.2 Å². The van der Waals surface area contributed by atoms with Gasteiger partial charge in [-0.25, -0.2) is 17.9 Å². The first-order valence-electron chi connectivity index (χ1n) is 11.3. The molecular formula is C27H21F3N2O4S. The SMILES string of the molecule is O=C(O)/C=C/c1ccc2c(c1)CC(NS(=O)(=O)c1ccc(-c3ccc4[nH]ccc4c3)cc1C(F)(F)F)C2. The molecule has 37 heavy (non-hydrogen) atoms. The number of carbonyl (C=O) groups is 1. The minimum Gasteiger partial charge on any atom is -0.478 e. The average Bonchev–Trinajstić information content (AvgIpc) is 3.46. The van der Waals surface area contributed by atoms with Crippen LogP contribution in [0.4, 0.5) is 13.2 Å². The summed E-state index contributed by atoms with van der Waals surface area (Å²) in [5, 5.41) is 9.62. The number of aromatic nitrogens is 1. The summed E-state index contributed by atoms with van der Waals surface area (Å²) in [6, 6.07) is 14.8. The maximum Gasteiger partial charge on any atom is 0.417 e. The lowest BCUT2D eigenvalue weighted by atomic mass is 10.0. The fourth-order valence-electron chi connectivity index (χ4n) is 4.67. The molecule has 1 atom stereocenters. The number of carboxylic acid groups (broad SMARTS) is 1. The Hall–Kier alpha value is -3.89. The van der Waals surface area contributed by atoms with E-state index in [9.17, 15) is 26.4 Å². The molecular weight excluding hydrogens is 505 g/mol. The Balaban J connectivity index is 1.42. The van der Waals surface area contributed by atoms with Crippen LogP contribution < -0.4 is 4.72 Å². The van der Waals surface area contributed by atoms with Crippen molar-refractivity contribution in [2.75, 3.05) is 0 Å². The number of aromatic amines is 1. The lowest BCUT2D eigenvalue weighted by molar-refractivity contribution is -0.139. The Morgan fingerprint density at radius 1 is 0.973 bits per heavy atom. The van der Waals surface area contributed by atoms with Crippen molar-refractivity contribution >= 4 is 33.0 Å². The predicted octanol–water partition coefficient (Wildman–Crippen LogP) is 5.40. The van der Waals surface area contributed by atoms with Crippen molar-refractivity contribution in [2.45, 2.75) is 30.0 Å². The van der Waals surface area contributed by atoms with Gasteiger partial charge in [0.2, 0.25) is 10.0 Å². The Bertz CT molecular complexity index is 1660. The maximum atomic E-state index is 14.0. The van der Waals surface area contributed by atoms with Crippen LogP contribution in [0, 0.1) is 0 Å². The van der Waals surface area contributed by atoms with Gasteiger partial charge in [-0.05, 0) is 82.5 Å². The maximum absolute atomic E-state index is 14.0. The van der Waals surface area contributed by atoms with Gasteiger partial charge in [-0.1, -0.05) is 30.3 Å². The summed E-state index contributed by atoms with van der Waals surface area (Å²) in [6.07, 6.45) is -0.151. The van der Waals surface area contributed by atoms with Gasteiger partial charge in [0.25, 0.3) is 0 Å². The summed E-state index contributed by atoms with van der Waals surface area (Å²) < 4.78 is 70.8. The zero-order chi connectivity index (χ0) is 26.4. The average molecular weight is 527 g/mol. The van der Waals surface area contributed by atoms with Crippen LogP contribution in [0.5, 0.6) is 0 Å². The standard InChI is InChI=1S/C27H21F3N2O4S/c28-27(29,30)23-15-19(17-4-6-24-20(12-17)9-10-31-24)5-7-25(23)37(35,36)32-22-13-18-3-1-16(2-8-26(33)34)11-21(18)14-22/h1-12,15,22,31-32H,13-14H2,(H,33,34)/b8-2+. The molecule has 0 spiro atoms. The molecule has 0 bridgehead atoms. The molecule has 0 amide bonds. The van der Waals surface area contributed by atoms with Crippen molar-refractivity contribution in [1.29, 1.82) is 0 Å². The molecule has 3 N–H and O–H groups in total. The number of fused-ring (bicyclic) bond motifs is 2. The van der Waals surface area contributed by atoms with E-state index in [4.69, 9.17) is 5.11 Å². The van der Waals surface area contributed by atoms with Crippen LogP contribution in [0.1, 0.15) is 22.3 Å². The second-order valence-electron chi connectivity index (χ2n) is 8.91. The summed E-state index contributed by atoms with van der Waals surface area (Å²) in [4.78, 5) is 12.9. The summed E-state index contributed by atoms with van der Waals surface area (Å²) in [6.45, 7) is 0. The van der Waals surface area contributed by atoms with E-state index in [1.165, 1.54) is 12.1 Å². The van der Waals surface area contributed by atoms with Crippen molar-refractivity contribution in [3.05, 3.63) is 95.2 Å². The third kappa shape index (κ3) is 5.16. The van der Waals surface area contributed by atoms with Crippen LogP contribution in [-0.2, 0) is 33.8 Å². The lowest BCUT2D eigenvalue weighted by Crippen LogP contribution is -2.36. The van der Waals surface area contributed by atoms with E-state index < -0.39 is 38.7 Å². The molecule has 6 nitrogen and oxygen atoms in total. The molecule has 1 aromatic heterocycles. The number of hydrogen-bond acceptors (Lipinski definition) is 3. The van der Waals surface area contributed by atoms with Crippen molar-refractivity contribution in [1.82, 2.24) is 9.71 Å². The van der Waals surface area contributed by atoms with E-state index in [2.05, 4.69) is 9.71 Å². The number of halogens is 3. The van der Waals surface area contributed by atoms with E-state index in [1.54, 1.807) is 48.7 Å². The largest absolute Gasteiger partial charge is 0.478 e. The van der Waals surface area contributed by atoms with Crippen molar-refractivity contribution in [3.8, 4) is 11.1 Å². The Morgan fingerprint density at radius 3 is 2.46 bits per heavy atom. The summed E-state index contributed by atoms with van der Waals surface area (Å²) in [5.41, 5.74) is 2.70. The fraction of sp³-hybridized carbons (Fsp3) is 0.148. The normalized spacial score (nSPS) is 15.9. The first-order valence-corrected chi connectivity index (χ1v) is 12.8. The predicted molar refractivity (Wildman–Crippen MR) is 133 cm³/mol. The van der Waals surface area contributed by atoms with Gasteiger partial charge in [-0.3, -0.25) is 0 Å². The molecule has 0 saturated carbocycles. The second kappa shape index (κ2) is 9.20. The van der Waals surface area contributed by atoms with Gasteiger partial charge >= 0.3 is 12.1 Å². The molecule has 1 aliphatic rings. The molecule has 0 aliphatic heterocycles. The zero-order valence-corrected chi connectivity index (χ0v) is 20.0. The van der Waals surface area contributed by atoms with Gasteiger partial charge in [-0.15, -0.1) is 0 Å². The number of aliphatic carboxylic acids is 1. The monoisotopic (exact) mass is 526 g/mol. The van der Waals surface area contributed by atoms with E-state index >= 15 is 0 Å². The van der Waals surface area contributed by atoms with Gasteiger partial charge in [0, 0.05) is 23.8 Å². The number of hydrogen-bond donors (Lipinski definition) is 3. The third-order valence-electron chi connectivity index (χ3n) is 6.36. The quantitative estimate of drug-likeness (QED) is 0.293. The molecule has 0 radical (unpaired) electrons. The molecule has 0 saturated heterocycles. The van der Waals surface area contributed by atoms with Gasteiger partial charge in [0.15, 0.2) is 0 Å². The number of sulfonamides is 1. The zero-order valence-electron chi connectivity index (χ0n) is 19.2. The summed E-state index contributed by atoms with van der Waals surface area (Å²) in [5.74, 6) is -1.09. The molecule has 1 aliphatic carbocycles.